The highest BCUT2D eigenvalue weighted by molar-refractivity contribution is 5.98. The summed E-state index contributed by atoms with van der Waals surface area (Å²) in [5.41, 5.74) is -0.604. The zero-order valence-corrected chi connectivity index (χ0v) is 25.1. The monoisotopic (exact) mass is 618 g/mol. The molecule has 2 aromatic rings. The minimum Gasteiger partial charge on any atom is -0.508 e. The van der Waals surface area contributed by atoms with Gasteiger partial charge in [-0.05, 0) is 55.6 Å². The number of hydrogen-bond donors (Lipinski definition) is 4. The van der Waals surface area contributed by atoms with Gasteiger partial charge in [0.05, 0.1) is 5.69 Å². The zero-order valence-electron chi connectivity index (χ0n) is 25.1. The van der Waals surface area contributed by atoms with Gasteiger partial charge >= 0.3 is 5.92 Å². The van der Waals surface area contributed by atoms with Crippen LogP contribution in [0.15, 0.2) is 42.5 Å². The summed E-state index contributed by atoms with van der Waals surface area (Å²) in [5, 5.41) is 25.0. The highest BCUT2D eigenvalue weighted by Gasteiger charge is 2.44. The number of amides is 3. The Morgan fingerprint density at radius 2 is 1.64 bits per heavy atom. The van der Waals surface area contributed by atoms with Crippen LogP contribution in [0, 0.1) is 11.7 Å². The number of halogens is 3. The van der Waals surface area contributed by atoms with Gasteiger partial charge in [-0.3, -0.25) is 14.4 Å². The smallest absolute Gasteiger partial charge is 0.349 e. The molecule has 240 valence electrons. The van der Waals surface area contributed by atoms with Gasteiger partial charge in [0.15, 0.2) is 0 Å². The van der Waals surface area contributed by atoms with E-state index < -0.39 is 64.8 Å². The minimum atomic E-state index is -4.03. The van der Waals surface area contributed by atoms with E-state index in [1.807, 2.05) is 7.05 Å². The Morgan fingerprint density at radius 1 is 0.977 bits per heavy atom. The highest BCUT2D eigenvalue weighted by atomic mass is 19.3. The van der Waals surface area contributed by atoms with E-state index in [4.69, 9.17) is 0 Å². The molecule has 1 heterocycles. The molecule has 1 saturated carbocycles. The quantitative estimate of drug-likeness (QED) is 0.316. The van der Waals surface area contributed by atoms with Crippen LogP contribution in [0.2, 0.25) is 0 Å². The van der Waals surface area contributed by atoms with E-state index in [0.29, 0.717) is 44.6 Å². The number of nitrogens with zero attached hydrogens (tertiary/aromatic N) is 2. The number of piperazine rings is 1. The average molecular weight is 619 g/mol. The second-order valence-electron chi connectivity index (χ2n) is 11.9. The molecule has 12 heteroatoms. The Bertz CT molecular complexity index is 1330. The lowest BCUT2D eigenvalue weighted by molar-refractivity contribution is -0.149. The maximum Gasteiger partial charge on any atom is 0.349 e. The number of carbonyl (C=O) groups is 3. The lowest BCUT2D eigenvalue weighted by atomic mass is 9.90. The fourth-order valence-electron chi connectivity index (χ4n) is 5.84. The van der Waals surface area contributed by atoms with Crippen LogP contribution in [0.25, 0.3) is 0 Å². The molecule has 4 rings (SSSR count). The van der Waals surface area contributed by atoms with Crippen LogP contribution in [-0.2, 0) is 20.3 Å². The number of carbonyl (C=O) groups excluding carboxylic acids is 3. The van der Waals surface area contributed by atoms with Crippen LogP contribution in [-0.4, -0.2) is 83.1 Å². The number of phenols is 1. The number of phenolic OH excluding ortho intramolecular Hbond substituents is 1. The topological polar surface area (TPSA) is 122 Å². The molecule has 0 spiro atoms. The Labute approximate surface area is 255 Å². The van der Waals surface area contributed by atoms with E-state index in [-0.39, 0.29) is 5.69 Å². The second-order valence-corrected chi connectivity index (χ2v) is 11.9. The van der Waals surface area contributed by atoms with Gasteiger partial charge in [-0.15, -0.1) is 0 Å². The van der Waals surface area contributed by atoms with Crippen molar-refractivity contribution in [1.29, 1.82) is 0 Å². The third-order valence-electron chi connectivity index (χ3n) is 8.75. The fraction of sp³-hybridized carbons (Fsp3) is 0.531. The predicted molar refractivity (Wildman–Crippen MR) is 159 cm³/mol. The largest absolute Gasteiger partial charge is 0.508 e. The molecule has 44 heavy (non-hydrogen) atoms. The maximum absolute atomic E-state index is 15.3. The predicted octanol–water partition coefficient (Wildman–Crippen LogP) is 3.96. The molecular formula is C32H41F3N4O5. The first-order valence-corrected chi connectivity index (χ1v) is 15.1. The van der Waals surface area contributed by atoms with Crippen molar-refractivity contribution in [2.75, 3.05) is 38.5 Å². The first-order valence-electron chi connectivity index (χ1n) is 15.1. The summed E-state index contributed by atoms with van der Waals surface area (Å²) in [6.07, 6.45) is 2.99. The number of nitrogens with one attached hydrogen (secondary N) is 2. The van der Waals surface area contributed by atoms with E-state index >= 15 is 13.2 Å². The number of anilines is 1. The minimum absolute atomic E-state index is 0.224. The van der Waals surface area contributed by atoms with Gasteiger partial charge in [0.1, 0.15) is 23.7 Å². The molecule has 0 unspecified atom stereocenters. The van der Waals surface area contributed by atoms with E-state index in [1.165, 1.54) is 24.3 Å². The van der Waals surface area contributed by atoms with Crippen molar-refractivity contribution in [1.82, 2.24) is 15.1 Å². The molecule has 2 aliphatic rings. The fourth-order valence-corrected chi connectivity index (χ4v) is 5.84. The molecule has 9 nitrogen and oxygen atoms in total. The van der Waals surface area contributed by atoms with Crippen LogP contribution >= 0.6 is 0 Å². The van der Waals surface area contributed by atoms with Crippen LogP contribution < -0.4 is 10.6 Å². The van der Waals surface area contributed by atoms with Crippen molar-refractivity contribution in [3.63, 3.8) is 0 Å². The number of likely N-dealkylation sites (N-methyl/N-ethyl adjacent to an activating group) is 1. The normalized spacial score (nSPS) is 19.0. The maximum atomic E-state index is 15.3. The highest BCUT2D eigenvalue weighted by Crippen LogP contribution is 2.33. The molecule has 3 amide bonds. The van der Waals surface area contributed by atoms with Gasteiger partial charge in [-0.1, -0.05) is 50.8 Å². The summed E-state index contributed by atoms with van der Waals surface area (Å²) < 4.78 is 45.5. The van der Waals surface area contributed by atoms with Gasteiger partial charge in [0, 0.05) is 37.7 Å². The van der Waals surface area contributed by atoms with Gasteiger partial charge in [-0.2, -0.15) is 8.78 Å². The first-order chi connectivity index (χ1) is 20.9. The van der Waals surface area contributed by atoms with Crippen LogP contribution in [0.1, 0.15) is 62.5 Å². The molecule has 0 aromatic heterocycles. The van der Waals surface area contributed by atoms with Crippen LogP contribution in [0.5, 0.6) is 5.75 Å². The molecule has 1 aliphatic heterocycles. The van der Waals surface area contributed by atoms with Crippen LogP contribution in [0.3, 0.4) is 0 Å². The van der Waals surface area contributed by atoms with E-state index in [9.17, 15) is 24.6 Å². The van der Waals surface area contributed by atoms with Crippen molar-refractivity contribution in [2.24, 2.45) is 5.92 Å². The van der Waals surface area contributed by atoms with Crippen molar-refractivity contribution in [3.8, 4) is 5.75 Å². The van der Waals surface area contributed by atoms with Crippen molar-refractivity contribution in [2.45, 2.75) is 69.4 Å². The van der Waals surface area contributed by atoms with E-state index in [0.717, 1.165) is 43.9 Å². The van der Waals surface area contributed by atoms with Gasteiger partial charge in [0.25, 0.3) is 11.8 Å². The molecule has 2 aromatic carbocycles. The third kappa shape index (κ3) is 7.89. The molecule has 4 N–H and O–H groups in total. The summed E-state index contributed by atoms with van der Waals surface area (Å²) in [6, 6.07) is 6.72. The summed E-state index contributed by atoms with van der Waals surface area (Å²) >= 11 is 0. The number of aromatic hydroxyl groups is 1. The van der Waals surface area contributed by atoms with E-state index in [1.54, 1.807) is 11.8 Å². The van der Waals surface area contributed by atoms with Crippen molar-refractivity contribution >= 4 is 23.4 Å². The van der Waals surface area contributed by atoms with Gasteiger partial charge in [0.2, 0.25) is 5.91 Å². The second kappa shape index (κ2) is 14.4. The van der Waals surface area contributed by atoms with Crippen LogP contribution in [0.4, 0.5) is 18.9 Å². The summed E-state index contributed by atoms with van der Waals surface area (Å²) in [5.74, 6) is -9.45. The molecule has 2 fully saturated rings. The molecule has 0 bridgehead atoms. The Hall–Kier alpha value is -3.64. The Morgan fingerprint density at radius 3 is 2.25 bits per heavy atom. The summed E-state index contributed by atoms with van der Waals surface area (Å²) in [6.45, 7) is 3.95. The van der Waals surface area contributed by atoms with Crippen molar-refractivity contribution < 1.29 is 37.8 Å². The number of hydrogen-bond acceptors (Lipinski definition) is 6. The van der Waals surface area contributed by atoms with Gasteiger partial charge in [-0.25, -0.2) is 4.39 Å². The summed E-state index contributed by atoms with van der Waals surface area (Å²) in [4.78, 5) is 42.8. The standard InChI is InChI=1S/C32H41F3N4O5/c1-20(28(41)30(43)39-16-14-38(2)15-17-39)22-12-13-26(25(33)18-22)36-29(42)27(21-8-5-3-4-6-9-21)37-31(44)32(34,35)23-10-7-11-24(40)19-23/h7,10-13,18-21,27-28,40-41H,3-6,8-9,14-17H2,1-2H3,(H,36,42)(H,37,44)/t20-,27-,28+/m0/s1. The number of aliphatic hydroxyl groups is 1. The molecule has 1 aliphatic carbocycles. The Kier molecular flexibility index (Phi) is 10.9. The van der Waals surface area contributed by atoms with Crippen molar-refractivity contribution in [3.05, 3.63) is 59.4 Å². The summed E-state index contributed by atoms with van der Waals surface area (Å²) in [7, 11) is 1.95. The first kappa shape index (κ1) is 33.3. The third-order valence-corrected chi connectivity index (χ3v) is 8.75. The molecule has 0 radical (unpaired) electrons. The number of alkyl halides is 2. The molecule has 1 saturated heterocycles. The lowest BCUT2D eigenvalue weighted by Crippen LogP contribution is -2.52. The van der Waals surface area contributed by atoms with E-state index in [2.05, 4.69) is 15.5 Å². The average Bonchev–Trinajstić information content (AvgIpc) is 3.29. The molecular weight excluding hydrogens is 577 g/mol. The molecule has 3 atom stereocenters. The number of benzene rings is 2. The SMILES string of the molecule is C[C@@H](c1ccc(NC(=O)[C@@H](NC(=O)C(F)(F)c2cccc(O)c2)C2CCCCCC2)c(F)c1)[C@@H](O)C(=O)N1CCN(C)CC1. The van der Waals surface area contributed by atoms with Gasteiger partial charge < -0.3 is 30.6 Å². The number of aliphatic hydroxyl groups excluding tert-OH is 1. The lowest BCUT2D eigenvalue weighted by Gasteiger charge is -2.34. The Balaban J connectivity index is 1.49. The zero-order chi connectivity index (χ0) is 32.0. The number of rotatable bonds is 9.